The van der Waals surface area contributed by atoms with Crippen LogP contribution in [0.1, 0.15) is 5.56 Å². The van der Waals surface area contributed by atoms with Crippen LogP contribution in [0.3, 0.4) is 0 Å². The van der Waals surface area contributed by atoms with Crippen molar-refractivity contribution < 1.29 is 9.47 Å². The van der Waals surface area contributed by atoms with E-state index in [1.807, 2.05) is 66.7 Å². The molecule has 5 nitrogen and oxygen atoms in total. The number of pyridine rings is 1. The first-order valence-corrected chi connectivity index (χ1v) is 9.73. The first-order chi connectivity index (χ1) is 15.1. The lowest BCUT2D eigenvalue weighted by Gasteiger charge is -2.14. The predicted molar refractivity (Wildman–Crippen MR) is 123 cm³/mol. The van der Waals surface area contributed by atoms with E-state index in [0.717, 1.165) is 27.8 Å². The molecular weight excluding hydrogens is 386 g/mol. The fraction of sp³-hybridized carbons (Fsp3) is 0.0769. The third-order valence-corrected chi connectivity index (χ3v) is 5.14. The molecule has 0 aliphatic carbocycles. The lowest BCUT2D eigenvalue weighted by molar-refractivity contribution is 0.404. The number of nitriles is 1. The third-order valence-electron chi connectivity index (χ3n) is 5.14. The van der Waals surface area contributed by atoms with Gasteiger partial charge in [0.25, 0.3) is 0 Å². The Bertz CT molecular complexity index is 1260. The van der Waals surface area contributed by atoms with Gasteiger partial charge in [0.15, 0.2) is 0 Å². The highest BCUT2D eigenvalue weighted by Crippen LogP contribution is 2.37. The molecule has 0 saturated heterocycles. The molecule has 0 unspecified atom stereocenters. The van der Waals surface area contributed by atoms with Crippen molar-refractivity contribution in [3.8, 4) is 51.1 Å². The zero-order valence-electron chi connectivity index (χ0n) is 17.3. The molecule has 3 aromatic carbocycles. The van der Waals surface area contributed by atoms with Crippen LogP contribution in [0.15, 0.2) is 78.9 Å². The molecule has 0 saturated carbocycles. The molecule has 0 fully saturated rings. The van der Waals surface area contributed by atoms with Crippen molar-refractivity contribution in [3.05, 3.63) is 84.4 Å². The van der Waals surface area contributed by atoms with E-state index < -0.39 is 0 Å². The van der Waals surface area contributed by atoms with E-state index in [1.54, 1.807) is 14.2 Å². The molecule has 4 aromatic rings. The number of rotatable bonds is 5. The molecular formula is C26H21N3O2. The van der Waals surface area contributed by atoms with E-state index in [4.69, 9.17) is 15.2 Å². The number of aromatic nitrogens is 1. The second kappa shape index (κ2) is 8.60. The van der Waals surface area contributed by atoms with E-state index in [9.17, 15) is 5.26 Å². The van der Waals surface area contributed by atoms with Crippen molar-refractivity contribution in [2.24, 2.45) is 0 Å². The maximum atomic E-state index is 9.72. The zero-order valence-corrected chi connectivity index (χ0v) is 17.3. The van der Waals surface area contributed by atoms with Crippen LogP contribution in [-0.4, -0.2) is 19.2 Å². The lowest BCUT2D eigenvalue weighted by atomic mass is 9.96. The molecule has 2 N–H and O–H groups in total. The van der Waals surface area contributed by atoms with Crippen LogP contribution in [0, 0.1) is 11.3 Å². The second-order valence-corrected chi connectivity index (χ2v) is 6.94. The van der Waals surface area contributed by atoms with Crippen LogP contribution in [0.5, 0.6) is 11.5 Å². The number of nitrogens with two attached hydrogens (primary N) is 1. The van der Waals surface area contributed by atoms with Crippen molar-refractivity contribution in [3.63, 3.8) is 0 Å². The van der Waals surface area contributed by atoms with Crippen LogP contribution in [0.25, 0.3) is 33.5 Å². The summed E-state index contributed by atoms with van der Waals surface area (Å²) in [7, 11) is 3.20. The fourth-order valence-electron chi connectivity index (χ4n) is 3.54. The Balaban J connectivity index is 1.84. The van der Waals surface area contributed by atoms with Gasteiger partial charge in [-0.3, -0.25) is 0 Å². The summed E-state index contributed by atoms with van der Waals surface area (Å²) >= 11 is 0. The van der Waals surface area contributed by atoms with Gasteiger partial charge in [0.1, 0.15) is 28.9 Å². The van der Waals surface area contributed by atoms with Gasteiger partial charge in [0.2, 0.25) is 0 Å². The molecule has 31 heavy (non-hydrogen) atoms. The molecule has 1 heterocycles. The average molecular weight is 407 g/mol. The summed E-state index contributed by atoms with van der Waals surface area (Å²) < 4.78 is 10.9. The SMILES string of the molecule is COc1ccc(OC)c(-c2cc(-c3ccc(-c4ccccc4)cc3)c(C#N)c(N)n2)c1. The molecule has 5 heteroatoms. The van der Waals surface area contributed by atoms with E-state index in [-0.39, 0.29) is 5.82 Å². The largest absolute Gasteiger partial charge is 0.497 e. The molecule has 0 aliphatic rings. The Kier molecular flexibility index (Phi) is 5.55. The summed E-state index contributed by atoms with van der Waals surface area (Å²) in [5.41, 5.74) is 11.7. The summed E-state index contributed by atoms with van der Waals surface area (Å²) in [5.74, 6) is 1.49. The number of nitrogens with zero attached hydrogens (tertiary/aromatic N) is 2. The minimum Gasteiger partial charge on any atom is -0.497 e. The van der Waals surface area contributed by atoms with Crippen molar-refractivity contribution in [1.29, 1.82) is 5.26 Å². The van der Waals surface area contributed by atoms with Gasteiger partial charge in [-0.25, -0.2) is 4.98 Å². The van der Waals surface area contributed by atoms with Crippen LogP contribution in [0.4, 0.5) is 5.82 Å². The maximum absolute atomic E-state index is 9.72. The average Bonchev–Trinajstić information content (AvgIpc) is 2.83. The monoisotopic (exact) mass is 407 g/mol. The number of ether oxygens (including phenoxy) is 2. The minimum absolute atomic E-state index is 0.173. The first kappa shape index (κ1) is 20.0. The van der Waals surface area contributed by atoms with Crippen LogP contribution in [-0.2, 0) is 0 Å². The Morgan fingerprint density at radius 1 is 0.774 bits per heavy atom. The van der Waals surface area contributed by atoms with Crippen molar-refractivity contribution in [2.45, 2.75) is 0 Å². The number of methoxy groups -OCH3 is 2. The predicted octanol–water partition coefficient (Wildman–Crippen LogP) is 5.55. The Hall–Kier alpha value is -4.30. The van der Waals surface area contributed by atoms with Crippen molar-refractivity contribution in [1.82, 2.24) is 4.98 Å². The smallest absolute Gasteiger partial charge is 0.142 e. The highest BCUT2D eigenvalue weighted by Gasteiger charge is 2.16. The van der Waals surface area contributed by atoms with Crippen LogP contribution < -0.4 is 15.2 Å². The Morgan fingerprint density at radius 3 is 2.10 bits per heavy atom. The highest BCUT2D eigenvalue weighted by molar-refractivity contribution is 5.82. The van der Waals surface area contributed by atoms with E-state index in [1.165, 1.54) is 0 Å². The highest BCUT2D eigenvalue weighted by atomic mass is 16.5. The van der Waals surface area contributed by atoms with Gasteiger partial charge in [0, 0.05) is 11.1 Å². The molecule has 0 radical (unpaired) electrons. The molecule has 152 valence electrons. The quantitative estimate of drug-likeness (QED) is 0.469. The number of hydrogen-bond donors (Lipinski definition) is 1. The van der Waals surface area contributed by atoms with Gasteiger partial charge in [0.05, 0.1) is 19.9 Å². The molecule has 0 bridgehead atoms. The van der Waals surface area contributed by atoms with Gasteiger partial charge in [-0.1, -0.05) is 54.6 Å². The summed E-state index contributed by atoms with van der Waals surface area (Å²) in [4.78, 5) is 4.47. The van der Waals surface area contributed by atoms with Crippen LogP contribution >= 0.6 is 0 Å². The van der Waals surface area contributed by atoms with E-state index in [2.05, 4.69) is 23.2 Å². The van der Waals surface area contributed by atoms with Gasteiger partial charge in [-0.2, -0.15) is 5.26 Å². The van der Waals surface area contributed by atoms with Crippen LogP contribution in [0.2, 0.25) is 0 Å². The molecule has 0 atom stereocenters. The summed E-state index contributed by atoms with van der Waals surface area (Å²) in [6.07, 6.45) is 0. The molecule has 0 amide bonds. The lowest BCUT2D eigenvalue weighted by Crippen LogP contribution is -2.01. The van der Waals surface area contributed by atoms with Crippen molar-refractivity contribution >= 4 is 5.82 Å². The Labute approximate surface area is 181 Å². The molecule has 4 rings (SSSR count). The minimum atomic E-state index is 0.173. The molecule has 0 aliphatic heterocycles. The molecule has 1 aromatic heterocycles. The van der Waals surface area contributed by atoms with Gasteiger partial charge in [-0.15, -0.1) is 0 Å². The summed E-state index contributed by atoms with van der Waals surface area (Å²) in [6, 6.07) is 27.7. The Morgan fingerprint density at radius 2 is 1.45 bits per heavy atom. The topological polar surface area (TPSA) is 81.2 Å². The number of nitrogen functional groups attached to an aromatic ring is 1. The maximum Gasteiger partial charge on any atom is 0.142 e. The molecule has 0 spiro atoms. The second-order valence-electron chi connectivity index (χ2n) is 6.94. The fourth-order valence-corrected chi connectivity index (χ4v) is 3.54. The third kappa shape index (κ3) is 3.92. The number of benzene rings is 3. The normalized spacial score (nSPS) is 10.4. The van der Waals surface area contributed by atoms with E-state index in [0.29, 0.717) is 22.8 Å². The van der Waals surface area contributed by atoms with Gasteiger partial charge in [-0.05, 0) is 41.0 Å². The van der Waals surface area contributed by atoms with Gasteiger partial charge < -0.3 is 15.2 Å². The summed E-state index contributed by atoms with van der Waals surface area (Å²) in [6.45, 7) is 0. The standard InChI is InChI=1S/C26H21N3O2/c1-30-20-12-13-25(31-2)22(14-20)24-15-21(23(16-27)26(28)29-24)19-10-8-18(9-11-19)17-6-4-3-5-7-17/h3-15H,1-2H3,(H2,28,29). The van der Waals surface area contributed by atoms with Crippen molar-refractivity contribution in [2.75, 3.05) is 20.0 Å². The van der Waals surface area contributed by atoms with Gasteiger partial charge >= 0.3 is 0 Å². The zero-order chi connectivity index (χ0) is 21.8. The number of anilines is 1. The first-order valence-electron chi connectivity index (χ1n) is 9.73. The number of hydrogen-bond acceptors (Lipinski definition) is 5. The van der Waals surface area contributed by atoms with E-state index >= 15 is 0 Å². The summed E-state index contributed by atoms with van der Waals surface area (Å²) in [5, 5.41) is 9.72.